The van der Waals surface area contributed by atoms with Crippen molar-refractivity contribution in [1.82, 2.24) is 14.9 Å². The fourth-order valence-corrected chi connectivity index (χ4v) is 4.14. The molecule has 3 aromatic rings. The van der Waals surface area contributed by atoms with Crippen LogP contribution in [0, 0.1) is 11.3 Å². The van der Waals surface area contributed by atoms with E-state index >= 15 is 0 Å². The van der Waals surface area contributed by atoms with Crippen LogP contribution in [0.1, 0.15) is 36.8 Å². The number of hydrogen-bond donors (Lipinski definition) is 1. The Hall–Kier alpha value is -3.58. The van der Waals surface area contributed by atoms with Crippen LogP contribution in [0.2, 0.25) is 0 Å². The number of methoxy groups -OCH3 is 1. The van der Waals surface area contributed by atoms with Crippen molar-refractivity contribution in [3.8, 4) is 17.6 Å². The van der Waals surface area contributed by atoms with Crippen LogP contribution in [0.15, 0.2) is 36.7 Å². The molecule has 7 nitrogen and oxygen atoms in total. The van der Waals surface area contributed by atoms with Crippen molar-refractivity contribution in [2.75, 3.05) is 38.7 Å². The largest absolute Gasteiger partial charge is 0.493 e. The van der Waals surface area contributed by atoms with E-state index in [2.05, 4.69) is 20.2 Å². The molecule has 184 valence electrons. The number of ether oxygens (including phenoxy) is 2. The van der Waals surface area contributed by atoms with Crippen molar-refractivity contribution in [3.63, 3.8) is 0 Å². The van der Waals surface area contributed by atoms with Gasteiger partial charge in [0, 0.05) is 18.0 Å². The van der Waals surface area contributed by atoms with Crippen LogP contribution < -0.4 is 14.8 Å². The van der Waals surface area contributed by atoms with E-state index in [4.69, 9.17) is 9.47 Å². The summed E-state index contributed by atoms with van der Waals surface area (Å²) in [5.74, 6) is 1.37. The first kappa shape index (κ1) is 24.5. The molecule has 0 amide bonds. The van der Waals surface area contributed by atoms with E-state index in [-0.39, 0.29) is 11.3 Å². The van der Waals surface area contributed by atoms with Gasteiger partial charge in [0.05, 0.1) is 36.0 Å². The topological polar surface area (TPSA) is 83.3 Å². The summed E-state index contributed by atoms with van der Waals surface area (Å²) in [6.45, 7) is 3.79. The van der Waals surface area contributed by atoms with Crippen LogP contribution >= 0.6 is 0 Å². The molecule has 2 heterocycles. The lowest BCUT2D eigenvalue weighted by molar-refractivity contribution is -0.137. The van der Waals surface area contributed by atoms with Gasteiger partial charge in [0.25, 0.3) is 0 Å². The van der Waals surface area contributed by atoms with Crippen molar-refractivity contribution in [3.05, 3.63) is 47.8 Å². The van der Waals surface area contributed by atoms with Crippen molar-refractivity contribution in [1.29, 1.82) is 5.26 Å². The van der Waals surface area contributed by atoms with Crippen molar-refractivity contribution >= 4 is 22.4 Å². The average Bonchev–Trinajstić information content (AvgIpc) is 2.86. The second-order valence-corrected chi connectivity index (χ2v) is 8.34. The van der Waals surface area contributed by atoms with E-state index in [1.54, 1.807) is 18.2 Å². The molecule has 1 aliphatic heterocycles. The Morgan fingerprint density at radius 1 is 1.09 bits per heavy atom. The zero-order valence-corrected chi connectivity index (χ0v) is 19.4. The van der Waals surface area contributed by atoms with E-state index in [1.165, 1.54) is 38.8 Å². The molecular formula is C25H26F3N5O2. The zero-order chi connectivity index (χ0) is 24.8. The minimum absolute atomic E-state index is 0.146. The molecular weight excluding hydrogens is 459 g/mol. The van der Waals surface area contributed by atoms with E-state index in [0.29, 0.717) is 34.8 Å². The monoisotopic (exact) mass is 485 g/mol. The van der Waals surface area contributed by atoms with E-state index < -0.39 is 11.7 Å². The molecule has 1 N–H and O–H groups in total. The molecule has 0 atom stereocenters. The number of fused-ring (bicyclic) bond motifs is 1. The Morgan fingerprint density at radius 2 is 1.89 bits per heavy atom. The first-order chi connectivity index (χ1) is 16.9. The highest BCUT2D eigenvalue weighted by atomic mass is 19.4. The van der Waals surface area contributed by atoms with Gasteiger partial charge in [-0.3, -0.25) is 0 Å². The van der Waals surface area contributed by atoms with Crippen LogP contribution in [0.25, 0.3) is 10.9 Å². The maximum atomic E-state index is 13.0. The molecule has 0 saturated carbocycles. The summed E-state index contributed by atoms with van der Waals surface area (Å²) < 4.78 is 50.6. The number of anilines is 2. The maximum absolute atomic E-state index is 13.0. The third-order valence-corrected chi connectivity index (χ3v) is 5.97. The second-order valence-electron chi connectivity index (χ2n) is 8.34. The number of aromatic nitrogens is 2. The standard InChI is InChI=1S/C25H26F3N5O2/c1-34-22-13-19-21(14-23(22)35-11-5-10-33-8-3-2-4-9-33)30-16-31-24(19)32-20-7-6-18(25(26,27)28)12-17(20)15-29/h6-7,12-14,16H,2-5,8-11H2,1H3,(H,30,31,32). The third-order valence-electron chi connectivity index (χ3n) is 5.97. The van der Waals surface area contributed by atoms with Crippen LogP contribution in [-0.2, 0) is 6.18 Å². The summed E-state index contributed by atoms with van der Waals surface area (Å²) >= 11 is 0. The molecule has 1 saturated heterocycles. The molecule has 0 radical (unpaired) electrons. The fraction of sp³-hybridized carbons (Fsp3) is 0.400. The minimum atomic E-state index is -4.54. The van der Waals surface area contributed by atoms with E-state index in [0.717, 1.165) is 38.2 Å². The molecule has 4 rings (SSSR count). The van der Waals surface area contributed by atoms with Crippen LogP contribution in [0.4, 0.5) is 24.7 Å². The molecule has 0 bridgehead atoms. The summed E-state index contributed by atoms with van der Waals surface area (Å²) in [4.78, 5) is 11.0. The summed E-state index contributed by atoms with van der Waals surface area (Å²) in [7, 11) is 1.53. The predicted molar refractivity (Wildman–Crippen MR) is 126 cm³/mol. The number of benzene rings is 2. The zero-order valence-electron chi connectivity index (χ0n) is 19.4. The number of likely N-dealkylation sites (tertiary alicyclic amines) is 1. The third kappa shape index (κ3) is 5.92. The van der Waals surface area contributed by atoms with Crippen molar-refractivity contribution < 1.29 is 22.6 Å². The summed E-state index contributed by atoms with van der Waals surface area (Å²) in [5, 5.41) is 12.9. The van der Waals surface area contributed by atoms with Crippen molar-refractivity contribution in [2.24, 2.45) is 0 Å². The molecule has 1 fully saturated rings. The van der Waals surface area contributed by atoms with Gasteiger partial charge in [0.2, 0.25) is 0 Å². The number of nitrogens with zero attached hydrogens (tertiary/aromatic N) is 4. The summed E-state index contributed by atoms with van der Waals surface area (Å²) in [6, 6.07) is 8.21. The molecule has 10 heteroatoms. The lowest BCUT2D eigenvalue weighted by atomic mass is 10.1. The van der Waals surface area contributed by atoms with Crippen molar-refractivity contribution in [2.45, 2.75) is 31.9 Å². The van der Waals surface area contributed by atoms with Gasteiger partial charge in [-0.1, -0.05) is 6.42 Å². The van der Waals surface area contributed by atoms with Crippen LogP contribution in [0.3, 0.4) is 0 Å². The Morgan fingerprint density at radius 3 is 2.60 bits per heavy atom. The number of hydrogen-bond acceptors (Lipinski definition) is 7. The van der Waals surface area contributed by atoms with Gasteiger partial charge in [-0.25, -0.2) is 9.97 Å². The van der Waals surface area contributed by atoms with Gasteiger partial charge in [-0.2, -0.15) is 18.4 Å². The molecule has 0 aliphatic carbocycles. The Kier molecular flexibility index (Phi) is 7.56. The Balaban J connectivity index is 1.53. The van der Waals surface area contributed by atoms with Gasteiger partial charge < -0.3 is 19.7 Å². The lowest BCUT2D eigenvalue weighted by Gasteiger charge is -2.26. The molecule has 0 unspecified atom stereocenters. The van der Waals surface area contributed by atoms with Gasteiger partial charge >= 0.3 is 6.18 Å². The van der Waals surface area contributed by atoms with E-state index in [9.17, 15) is 18.4 Å². The number of halogens is 3. The number of nitrogens with one attached hydrogen (secondary N) is 1. The van der Waals surface area contributed by atoms with Gasteiger partial charge in [-0.15, -0.1) is 0 Å². The van der Waals surface area contributed by atoms with E-state index in [1.807, 2.05) is 0 Å². The first-order valence-electron chi connectivity index (χ1n) is 11.5. The van der Waals surface area contributed by atoms with Gasteiger partial charge in [-0.05, 0) is 56.6 Å². The van der Waals surface area contributed by atoms with Crippen LogP contribution in [-0.4, -0.2) is 48.2 Å². The fourth-order valence-electron chi connectivity index (χ4n) is 4.14. The average molecular weight is 486 g/mol. The smallest absolute Gasteiger partial charge is 0.416 e. The minimum Gasteiger partial charge on any atom is -0.493 e. The normalized spacial score (nSPS) is 14.5. The maximum Gasteiger partial charge on any atom is 0.416 e. The lowest BCUT2D eigenvalue weighted by Crippen LogP contribution is -2.31. The molecule has 1 aromatic heterocycles. The summed E-state index contributed by atoms with van der Waals surface area (Å²) in [6.07, 6.45) is 1.49. The Bertz CT molecular complexity index is 1220. The molecule has 35 heavy (non-hydrogen) atoms. The highest BCUT2D eigenvalue weighted by Crippen LogP contribution is 2.36. The van der Waals surface area contributed by atoms with Gasteiger partial charge in [0.15, 0.2) is 11.5 Å². The second kappa shape index (κ2) is 10.8. The molecule has 2 aromatic carbocycles. The molecule has 1 aliphatic rings. The number of nitriles is 1. The number of alkyl halides is 3. The van der Waals surface area contributed by atoms with Gasteiger partial charge in [0.1, 0.15) is 18.2 Å². The van der Waals surface area contributed by atoms with Crippen LogP contribution in [0.5, 0.6) is 11.5 Å². The SMILES string of the molecule is COc1cc2c(Nc3ccc(C(F)(F)F)cc3C#N)ncnc2cc1OCCCN1CCCCC1. The highest BCUT2D eigenvalue weighted by Gasteiger charge is 2.31. The summed E-state index contributed by atoms with van der Waals surface area (Å²) in [5.41, 5.74) is -0.264. The highest BCUT2D eigenvalue weighted by molar-refractivity contribution is 5.93. The quantitative estimate of drug-likeness (QED) is 0.420. The predicted octanol–water partition coefficient (Wildman–Crippen LogP) is 5.53. The number of rotatable bonds is 8. The molecule has 0 spiro atoms. The first-order valence-corrected chi connectivity index (χ1v) is 11.5. The Labute approximate surface area is 201 Å². The number of piperidine rings is 1.